The van der Waals surface area contributed by atoms with E-state index in [9.17, 15) is 9.90 Å². The van der Waals surface area contributed by atoms with Crippen molar-refractivity contribution in [3.8, 4) is 0 Å². The van der Waals surface area contributed by atoms with Gasteiger partial charge in [0.05, 0.1) is 5.60 Å². The topological polar surface area (TPSA) is 47.0 Å². The van der Waals surface area contributed by atoms with E-state index in [-0.39, 0.29) is 11.8 Å². The summed E-state index contributed by atoms with van der Waals surface area (Å²) in [6.45, 7) is 8.52. The molecule has 0 saturated carbocycles. The molecule has 2 aromatic rings. The largest absolute Gasteiger partial charge is 0.386 e. The molecular formula is C25H33N3O2. The SMILES string of the molecule is CN1CCN(c2ccccc2C[C@@H]2CCN(c3ccc(C(C)(C)O)cc3)C2=O)CC1. The predicted octanol–water partition coefficient (Wildman–Crippen LogP) is 3.26. The van der Waals surface area contributed by atoms with E-state index in [2.05, 4.69) is 41.1 Å². The van der Waals surface area contributed by atoms with E-state index in [0.717, 1.165) is 56.8 Å². The van der Waals surface area contributed by atoms with Gasteiger partial charge in [-0.1, -0.05) is 30.3 Å². The van der Waals surface area contributed by atoms with Crippen molar-refractivity contribution in [1.82, 2.24) is 4.90 Å². The molecule has 2 heterocycles. The quantitative estimate of drug-likeness (QED) is 0.827. The highest BCUT2D eigenvalue weighted by molar-refractivity contribution is 5.97. The Morgan fingerprint density at radius 1 is 0.967 bits per heavy atom. The molecule has 0 aromatic heterocycles. The molecule has 0 aliphatic carbocycles. The number of hydrogen-bond acceptors (Lipinski definition) is 4. The Balaban J connectivity index is 1.46. The van der Waals surface area contributed by atoms with Crippen molar-refractivity contribution in [2.24, 2.45) is 5.92 Å². The summed E-state index contributed by atoms with van der Waals surface area (Å²) < 4.78 is 0. The zero-order chi connectivity index (χ0) is 21.3. The van der Waals surface area contributed by atoms with E-state index in [1.807, 2.05) is 29.2 Å². The Labute approximate surface area is 179 Å². The lowest BCUT2D eigenvalue weighted by Crippen LogP contribution is -2.44. The van der Waals surface area contributed by atoms with E-state index in [1.165, 1.54) is 11.3 Å². The highest BCUT2D eigenvalue weighted by Gasteiger charge is 2.33. The second kappa shape index (κ2) is 8.40. The Morgan fingerprint density at radius 2 is 1.63 bits per heavy atom. The second-order valence-electron chi connectivity index (χ2n) is 9.20. The summed E-state index contributed by atoms with van der Waals surface area (Å²) in [4.78, 5) is 19.9. The molecule has 2 fully saturated rings. The van der Waals surface area contributed by atoms with E-state index >= 15 is 0 Å². The molecule has 30 heavy (non-hydrogen) atoms. The minimum Gasteiger partial charge on any atom is -0.386 e. The highest BCUT2D eigenvalue weighted by atomic mass is 16.3. The number of aliphatic hydroxyl groups is 1. The Kier molecular flexibility index (Phi) is 5.85. The highest BCUT2D eigenvalue weighted by Crippen LogP contribution is 2.32. The smallest absolute Gasteiger partial charge is 0.230 e. The molecule has 0 unspecified atom stereocenters. The third kappa shape index (κ3) is 4.37. The summed E-state index contributed by atoms with van der Waals surface area (Å²) in [5.41, 5.74) is 3.47. The molecule has 1 N–H and O–H groups in total. The number of carbonyl (C=O) groups is 1. The molecular weight excluding hydrogens is 374 g/mol. The zero-order valence-electron chi connectivity index (χ0n) is 18.3. The summed E-state index contributed by atoms with van der Waals surface area (Å²) in [6.07, 6.45) is 1.67. The van der Waals surface area contributed by atoms with Crippen molar-refractivity contribution >= 4 is 17.3 Å². The number of likely N-dealkylation sites (N-methyl/N-ethyl adjacent to an activating group) is 1. The van der Waals surface area contributed by atoms with Crippen LogP contribution in [-0.2, 0) is 16.8 Å². The van der Waals surface area contributed by atoms with Crippen LogP contribution in [0, 0.1) is 5.92 Å². The first-order chi connectivity index (χ1) is 14.3. The van der Waals surface area contributed by atoms with Gasteiger partial charge >= 0.3 is 0 Å². The van der Waals surface area contributed by atoms with Gasteiger partial charge in [0.25, 0.3) is 0 Å². The van der Waals surface area contributed by atoms with Crippen LogP contribution < -0.4 is 9.80 Å². The molecule has 1 atom stereocenters. The number of rotatable bonds is 5. The number of anilines is 2. The molecule has 4 rings (SSSR count). The van der Waals surface area contributed by atoms with Crippen molar-refractivity contribution in [2.45, 2.75) is 32.3 Å². The summed E-state index contributed by atoms with van der Waals surface area (Å²) in [6, 6.07) is 16.3. The fourth-order valence-electron chi connectivity index (χ4n) is 4.54. The molecule has 2 aliphatic heterocycles. The lowest BCUT2D eigenvalue weighted by atomic mass is 9.96. The van der Waals surface area contributed by atoms with Crippen molar-refractivity contribution in [3.63, 3.8) is 0 Å². The fourth-order valence-corrected chi connectivity index (χ4v) is 4.54. The van der Waals surface area contributed by atoms with E-state index in [0.29, 0.717) is 0 Å². The molecule has 2 saturated heterocycles. The van der Waals surface area contributed by atoms with E-state index < -0.39 is 5.60 Å². The van der Waals surface area contributed by atoms with Crippen LogP contribution in [0.5, 0.6) is 0 Å². The Hall–Kier alpha value is -2.37. The maximum atomic E-state index is 13.2. The minimum absolute atomic E-state index is 0.0209. The van der Waals surface area contributed by atoms with E-state index in [1.54, 1.807) is 13.8 Å². The predicted molar refractivity (Wildman–Crippen MR) is 122 cm³/mol. The Bertz CT molecular complexity index is 880. The van der Waals surface area contributed by atoms with Crippen LogP contribution in [0.1, 0.15) is 31.4 Å². The maximum Gasteiger partial charge on any atom is 0.230 e. The first kappa shape index (κ1) is 20.9. The lowest BCUT2D eigenvalue weighted by Gasteiger charge is -2.35. The number of nitrogens with zero attached hydrogens (tertiary/aromatic N) is 3. The lowest BCUT2D eigenvalue weighted by molar-refractivity contribution is -0.120. The third-order valence-corrected chi connectivity index (χ3v) is 6.50. The van der Waals surface area contributed by atoms with Gasteiger partial charge in [-0.25, -0.2) is 0 Å². The van der Waals surface area contributed by atoms with Crippen molar-refractivity contribution in [2.75, 3.05) is 49.6 Å². The van der Waals surface area contributed by atoms with Crippen LogP contribution in [0.2, 0.25) is 0 Å². The normalized spacial score (nSPS) is 20.8. The molecule has 0 radical (unpaired) electrons. The van der Waals surface area contributed by atoms with Gasteiger partial charge in [0.15, 0.2) is 0 Å². The summed E-state index contributed by atoms with van der Waals surface area (Å²) >= 11 is 0. The maximum absolute atomic E-state index is 13.2. The average molecular weight is 408 g/mol. The molecule has 160 valence electrons. The van der Waals surface area contributed by atoms with Crippen LogP contribution in [0.25, 0.3) is 0 Å². The summed E-state index contributed by atoms with van der Waals surface area (Å²) in [5, 5.41) is 10.2. The molecule has 5 nitrogen and oxygen atoms in total. The van der Waals surface area contributed by atoms with Crippen LogP contribution >= 0.6 is 0 Å². The fraction of sp³-hybridized carbons (Fsp3) is 0.480. The van der Waals surface area contributed by atoms with Crippen LogP contribution in [0.15, 0.2) is 48.5 Å². The third-order valence-electron chi connectivity index (χ3n) is 6.50. The Morgan fingerprint density at radius 3 is 2.30 bits per heavy atom. The zero-order valence-corrected chi connectivity index (χ0v) is 18.3. The minimum atomic E-state index is -0.872. The monoisotopic (exact) mass is 407 g/mol. The number of carbonyl (C=O) groups excluding carboxylic acids is 1. The molecule has 0 bridgehead atoms. The van der Waals surface area contributed by atoms with Gasteiger partial charge in [-0.05, 0) is 63.1 Å². The van der Waals surface area contributed by atoms with Gasteiger partial charge in [-0.15, -0.1) is 0 Å². The number of hydrogen-bond donors (Lipinski definition) is 1. The first-order valence-electron chi connectivity index (χ1n) is 11.0. The van der Waals surface area contributed by atoms with Gasteiger partial charge in [0, 0.05) is 50.0 Å². The van der Waals surface area contributed by atoms with Crippen molar-refractivity contribution in [3.05, 3.63) is 59.7 Å². The van der Waals surface area contributed by atoms with E-state index in [4.69, 9.17) is 0 Å². The number of para-hydroxylation sites is 1. The molecule has 2 aliphatic rings. The summed E-state index contributed by atoms with van der Waals surface area (Å²) in [7, 11) is 2.17. The standard InChI is InChI=1S/C25H33N3O2/c1-25(2,30)21-8-10-22(11-9-21)28-13-12-20(24(28)29)18-19-6-4-5-7-23(19)27-16-14-26(3)15-17-27/h4-11,20,30H,12-18H2,1-3H3/t20-/m0/s1. The van der Waals surface area contributed by atoms with Gasteiger partial charge in [-0.2, -0.15) is 0 Å². The van der Waals surface area contributed by atoms with Crippen LogP contribution in [0.4, 0.5) is 11.4 Å². The number of amides is 1. The van der Waals surface area contributed by atoms with Crippen molar-refractivity contribution < 1.29 is 9.90 Å². The first-order valence-corrected chi connectivity index (χ1v) is 11.0. The summed E-state index contributed by atoms with van der Waals surface area (Å²) in [5.74, 6) is 0.228. The van der Waals surface area contributed by atoms with Gasteiger partial charge in [0.1, 0.15) is 0 Å². The number of benzene rings is 2. The molecule has 1 amide bonds. The van der Waals surface area contributed by atoms with Crippen molar-refractivity contribution in [1.29, 1.82) is 0 Å². The average Bonchev–Trinajstić information content (AvgIpc) is 3.09. The number of piperazine rings is 1. The van der Waals surface area contributed by atoms with Gasteiger partial charge in [-0.3, -0.25) is 4.79 Å². The second-order valence-corrected chi connectivity index (χ2v) is 9.20. The van der Waals surface area contributed by atoms with Crippen LogP contribution in [0.3, 0.4) is 0 Å². The van der Waals surface area contributed by atoms with Crippen LogP contribution in [-0.4, -0.2) is 55.7 Å². The van der Waals surface area contributed by atoms with Gasteiger partial charge < -0.3 is 19.8 Å². The molecule has 5 heteroatoms. The molecule has 2 aromatic carbocycles. The van der Waals surface area contributed by atoms with Gasteiger partial charge in [0.2, 0.25) is 5.91 Å². The molecule has 0 spiro atoms.